The number of furan rings is 1. The van der Waals surface area contributed by atoms with E-state index in [-0.39, 0.29) is 23.1 Å². The first-order valence-electron chi connectivity index (χ1n) is 11.1. The van der Waals surface area contributed by atoms with Crippen molar-refractivity contribution in [3.05, 3.63) is 66.2 Å². The van der Waals surface area contributed by atoms with Crippen LogP contribution in [0.2, 0.25) is 0 Å². The van der Waals surface area contributed by atoms with Crippen LogP contribution in [-0.4, -0.2) is 41.3 Å². The van der Waals surface area contributed by atoms with E-state index in [0.29, 0.717) is 25.4 Å². The predicted molar refractivity (Wildman–Crippen MR) is 117 cm³/mol. The van der Waals surface area contributed by atoms with E-state index in [0.717, 1.165) is 43.1 Å². The predicted octanol–water partition coefficient (Wildman–Crippen LogP) is 3.82. The molecule has 31 heavy (non-hydrogen) atoms. The number of amides is 2. The molecule has 1 aromatic carbocycles. The lowest BCUT2D eigenvalue weighted by Gasteiger charge is -2.32. The maximum Gasteiger partial charge on any atom is 0.289 e. The number of carbonyl (C=O) groups excluding carboxylic acids is 2. The first-order valence-corrected chi connectivity index (χ1v) is 11.1. The third-order valence-corrected chi connectivity index (χ3v) is 6.88. The van der Waals surface area contributed by atoms with E-state index in [1.54, 1.807) is 12.4 Å². The summed E-state index contributed by atoms with van der Waals surface area (Å²) in [7, 11) is 0. The number of nitrogens with zero attached hydrogens (tertiary/aromatic N) is 2. The molecule has 3 heterocycles. The standard InChI is InChI=1S/C25H27N3O3/c29-23(27-11-3-4-18-7-12-26-13-8-18)20-17-25(20)9-14-28(15-10-25)24(30)22-16-19-5-1-2-6-21(19)31-22/h1-2,5-8,12-13,16,20H,3-4,9-11,14-15,17H2,(H,27,29). The van der Waals surface area contributed by atoms with Gasteiger partial charge < -0.3 is 14.6 Å². The molecule has 1 spiro atoms. The number of likely N-dealkylation sites (tertiary alicyclic amines) is 1. The summed E-state index contributed by atoms with van der Waals surface area (Å²) in [5, 5.41) is 4.06. The Morgan fingerprint density at radius 1 is 1.13 bits per heavy atom. The number of pyridine rings is 1. The van der Waals surface area contributed by atoms with Crippen LogP contribution in [0, 0.1) is 11.3 Å². The highest BCUT2D eigenvalue weighted by Gasteiger charge is 2.58. The van der Waals surface area contributed by atoms with Crippen LogP contribution in [0.4, 0.5) is 0 Å². The third kappa shape index (κ3) is 4.07. The minimum Gasteiger partial charge on any atom is -0.451 e. The fraction of sp³-hybridized carbons (Fsp3) is 0.400. The van der Waals surface area contributed by atoms with Crippen molar-refractivity contribution in [1.82, 2.24) is 15.2 Å². The normalized spacial score (nSPS) is 19.5. The highest BCUT2D eigenvalue weighted by Crippen LogP contribution is 2.59. The largest absolute Gasteiger partial charge is 0.451 e. The van der Waals surface area contributed by atoms with Gasteiger partial charge in [-0.3, -0.25) is 14.6 Å². The molecule has 1 atom stereocenters. The Morgan fingerprint density at radius 3 is 2.68 bits per heavy atom. The van der Waals surface area contributed by atoms with E-state index < -0.39 is 0 Å². The van der Waals surface area contributed by atoms with Crippen LogP contribution in [0.25, 0.3) is 11.0 Å². The molecule has 6 nitrogen and oxygen atoms in total. The molecule has 1 N–H and O–H groups in total. The summed E-state index contributed by atoms with van der Waals surface area (Å²) in [6, 6.07) is 13.5. The molecular formula is C25H27N3O3. The van der Waals surface area contributed by atoms with Crippen molar-refractivity contribution >= 4 is 22.8 Å². The fourth-order valence-electron chi connectivity index (χ4n) is 4.85. The second-order valence-electron chi connectivity index (χ2n) is 8.81. The molecule has 2 aliphatic rings. The highest BCUT2D eigenvalue weighted by molar-refractivity contribution is 5.96. The van der Waals surface area contributed by atoms with Gasteiger partial charge in [-0.15, -0.1) is 0 Å². The number of aryl methyl sites for hydroxylation is 1. The lowest BCUT2D eigenvalue weighted by molar-refractivity contribution is -0.123. The summed E-state index contributed by atoms with van der Waals surface area (Å²) in [4.78, 5) is 31.4. The molecular weight excluding hydrogens is 390 g/mol. The SMILES string of the molecule is O=C(NCCCc1ccncc1)C1CC12CCN(C(=O)c1cc3ccccc3o1)CC2. The van der Waals surface area contributed by atoms with Gasteiger partial charge in [0, 0.05) is 43.3 Å². The Kier molecular flexibility index (Phi) is 5.22. The number of aromatic nitrogens is 1. The van der Waals surface area contributed by atoms with Crippen molar-refractivity contribution in [2.75, 3.05) is 19.6 Å². The molecule has 1 unspecified atom stereocenters. The molecule has 2 amide bonds. The lowest BCUT2D eigenvalue weighted by atomic mass is 9.90. The van der Waals surface area contributed by atoms with Crippen LogP contribution in [0.1, 0.15) is 41.8 Å². The molecule has 1 saturated carbocycles. The summed E-state index contributed by atoms with van der Waals surface area (Å²) >= 11 is 0. The van der Waals surface area contributed by atoms with E-state index in [2.05, 4.69) is 10.3 Å². The van der Waals surface area contributed by atoms with Crippen molar-refractivity contribution in [3.8, 4) is 0 Å². The quantitative estimate of drug-likeness (QED) is 0.619. The molecule has 0 bridgehead atoms. The number of piperidine rings is 1. The van der Waals surface area contributed by atoms with Gasteiger partial charge in [-0.05, 0) is 67.3 Å². The Bertz CT molecular complexity index is 1050. The van der Waals surface area contributed by atoms with Gasteiger partial charge in [-0.25, -0.2) is 0 Å². The zero-order valence-electron chi connectivity index (χ0n) is 17.5. The summed E-state index contributed by atoms with van der Waals surface area (Å²) in [5.74, 6) is 0.615. The Hall–Kier alpha value is -3.15. The number of rotatable bonds is 6. The molecule has 1 aliphatic carbocycles. The van der Waals surface area contributed by atoms with Crippen molar-refractivity contribution in [2.45, 2.75) is 32.1 Å². The number of benzene rings is 1. The Morgan fingerprint density at radius 2 is 1.90 bits per heavy atom. The molecule has 3 aromatic rings. The van der Waals surface area contributed by atoms with E-state index in [1.807, 2.05) is 47.4 Å². The van der Waals surface area contributed by atoms with Crippen LogP contribution >= 0.6 is 0 Å². The Balaban J connectivity index is 1.09. The van der Waals surface area contributed by atoms with Crippen LogP contribution in [0.15, 0.2) is 59.3 Å². The molecule has 2 aromatic heterocycles. The second-order valence-corrected chi connectivity index (χ2v) is 8.81. The lowest BCUT2D eigenvalue weighted by Crippen LogP contribution is -2.40. The van der Waals surface area contributed by atoms with Crippen molar-refractivity contribution in [1.29, 1.82) is 0 Å². The van der Waals surface area contributed by atoms with Crippen LogP contribution in [0.5, 0.6) is 0 Å². The summed E-state index contributed by atoms with van der Waals surface area (Å²) < 4.78 is 5.74. The molecule has 0 radical (unpaired) electrons. The number of hydrogen-bond donors (Lipinski definition) is 1. The van der Waals surface area contributed by atoms with Crippen LogP contribution in [-0.2, 0) is 11.2 Å². The molecule has 160 valence electrons. The van der Waals surface area contributed by atoms with E-state index in [1.165, 1.54) is 5.56 Å². The molecule has 2 fully saturated rings. The van der Waals surface area contributed by atoms with E-state index in [9.17, 15) is 9.59 Å². The first kappa shape index (κ1) is 19.8. The Labute approximate surface area is 181 Å². The van der Waals surface area contributed by atoms with E-state index >= 15 is 0 Å². The minimum atomic E-state index is -0.0520. The van der Waals surface area contributed by atoms with Crippen LogP contribution in [0.3, 0.4) is 0 Å². The molecule has 5 rings (SSSR count). The molecule has 1 aliphatic heterocycles. The second kappa shape index (κ2) is 8.17. The molecule has 1 saturated heterocycles. The average Bonchev–Trinajstić information content (AvgIpc) is 3.32. The van der Waals surface area contributed by atoms with Gasteiger partial charge in [-0.1, -0.05) is 18.2 Å². The first-order chi connectivity index (χ1) is 15.1. The number of carbonyl (C=O) groups is 2. The summed E-state index contributed by atoms with van der Waals surface area (Å²) in [6.45, 7) is 2.06. The fourth-order valence-corrected chi connectivity index (χ4v) is 4.85. The smallest absolute Gasteiger partial charge is 0.289 e. The van der Waals surface area contributed by atoms with Gasteiger partial charge in [0.2, 0.25) is 5.91 Å². The zero-order chi connectivity index (χ0) is 21.3. The maximum atomic E-state index is 12.9. The maximum absolute atomic E-state index is 12.9. The average molecular weight is 418 g/mol. The van der Waals surface area contributed by atoms with Gasteiger partial charge in [-0.2, -0.15) is 0 Å². The zero-order valence-corrected chi connectivity index (χ0v) is 17.5. The number of nitrogens with one attached hydrogen (secondary N) is 1. The van der Waals surface area contributed by atoms with Crippen molar-refractivity contribution in [2.24, 2.45) is 11.3 Å². The number of fused-ring (bicyclic) bond motifs is 1. The van der Waals surface area contributed by atoms with Gasteiger partial charge in [0.15, 0.2) is 5.76 Å². The number of para-hydroxylation sites is 1. The van der Waals surface area contributed by atoms with Crippen molar-refractivity contribution < 1.29 is 14.0 Å². The summed E-state index contributed by atoms with van der Waals surface area (Å²) in [5.41, 5.74) is 2.07. The summed E-state index contributed by atoms with van der Waals surface area (Å²) in [6.07, 6.45) is 8.17. The monoisotopic (exact) mass is 417 g/mol. The molecule has 6 heteroatoms. The number of hydrogen-bond acceptors (Lipinski definition) is 4. The minimum absolute atomic E-state index is 0.0520. The van der Waals surface area contributed by atoms with Crippen molar-refractivity contribution in [3.63, 3.8) is 0 Å². The van der Waals surface area contributed by atoms with E-state index in [4.69, 9.17) is 4.42 Å². The third-order valence-electron chi connectivity index (χ3n) is 6.88. The van der Waals surface area contributed by atoms with Gasteiger partial charge in [0.25, 0.3) is 5.91 Å². The van der Waals surface area contributed by atoms with Gasteiger partial charge in [0.05, 0.1) is 0 Å². The highest BCUT2D eigenvalue weighted by atomic mass is 16.3. The van der Waals surface area contributed by atoms with Gasteiger partial charge >= 0.3 is 0 Å². The van der Waals surface area contributed by atoms with Gasteiger partial charge in [0.1, 0.15) is 5.58 Å². The topological polar surface area (TPSA) is 75.4 Å². The van der Waals surface area contributed by atoms with Crippen LogP contribution < -0.4 is 5.32 Å².